The van der Waals surface area contributed by atoms with E-state index in [0.29, 0.717) is 0 Å². The summed E-state index contributed by atoms with van der Waals surface area (Å²) in [6, 6.07) is 0. The molecule has 0 amide bonds. The quantitative estimate of drug-likeness (QED) is 0.714. The van der Waals surface area contributed by atoms with Gasteiger partial charge in [0.2, 0.25) is 0 Å². The first-order chi connectivity index (χ1) is 1.91. The van der Waals surface area contributed by atoms with Crippen LogP contribution in [0.3, 0.4) is 0 Å². The van der Waals surface area contributed by atoms with Crippen molar-refractivity contribution in [3.8, 4) is 0 Å². The van der Waals surface area contributed by atoms with Gasteiger partial charge in [0.25, 0.3) is 0 Å². The van der Waals surface area contributed by atoms with Crippen molar-refractivity contribution >= 4 is 0 Å². The van der Waals surface area contributed by atoms with E-state index in [9.17, 15) is 0 Å². The first kappa shape index (κ1) is 9.38. The van der Waals surface area contributed by atoms with Gasteiger partial charge in [-0.1, -0.05) is 6.92 Å². The van der Waals surface area contributed by atoms with Crippen LogP contribution >= 0.6 is 0 Å². The zero-order valence-electron chi connectivity index (χ0n) is 3.23. The molecule has 0 saturated heterocycles. The van der Waals surface area contributed by atoms with Crippen molar-refractivity contribution in [3.63, 3.8) is 0 Å². The summed E-state index contributed by atoms with van der Waals surface area (Å²) in [6.07, 6.45) is 0.750. The molecule has 30 valence electrons. The van der Waals surface area contributed by atoms with Gasteiger partial charge in [0.1, 0.15) is 0 Å². The van der Waals surface area contributed by atoms with E-state index in [4.69, 9.17) is 5.11 Å². The van der Waals surface area contributed by atoms with E-state index in [-0.39, 0.29) is 31.1 Å². The molecule has 0 heterocycles. The normalized spacial score (nSPS) is 6.00. The predicted octanol–water partition coefficient (Wildman–Crippen LogP) is 0.931. The van der Waals surface area contributed by atoms with Crippen LogP contribution in [-0.4, -0.2) is 5.11 Å². The van der Waals surface area contributed by atoms with Gasteiger partial charge < -0.3 is 5.11 Å². The SMILES string of the molecule is CC[CH-]O.[U]. The standard InChI is InChI=1S/C3H7O.U/c1-2-3-4;/h3-4H,2H2,1H3;/q-1;. The van der Waals surface area contributed by atoms with E-state index in [2.05, 4.69) is 0 Å². The molecule has 0 aliphatic heterocycles. The van der Waals surface area contributed by atoms with Crippen LogP contribution in [0.2, 0.25) is 0 Å². The first-order valence-electron chi connectivity index (χ1n) is 1.37. The number of rotatable bonds is 1. The molecule has 1 nitrogen and oxygen atoms in total. The number of hydrogen-bond donors (Lipinski definition) is 1. The topological polar surface area (TPSA) is 20.2 Å². The van der Waals surface area contributed by atoms with E-state index in [1.807, 2.05) is 6.92 Å². The molecule has 1 N–H and O–H groups in total. The Kier molecular flexibility index (Phi) is 16.7. The Balaban J connectivity index is 0. The molecule has 0 rings (SSSR count). The van der Waals surface area contributed by atoms with Gasteiger partial charge in [-0.15, -0.1) is 0 Å². The fraction of sp³-hybridized carbons (Fsp3) is 0.667. The molecular formula is C3H7OU-. The van der Waals surface area contributed by atoms with Gasteiger partial charge in [-0.2, -0.15) is 6.42 Å². The molecule has 0 aliphatic carbocycles. The molecule has 0 aliphatic rings. The average molecular weight is 297 g/mol. The van der Waals surface area contributed by atoms with Crippen molar-refractivity contribution < 1.29 is 36.2 Å². The fourth-order valence-corrected chi connectivity index (χ4v) is 0. The van der Waals surface area contributed by atoms with Gasteiger partial charge in [0, 0.05) is 31.1 Å². The van der Waals surface area contributed by atoms with Gasteiger partial charge in [0.05, 0.1) is 0 Å². The van der Waals surface area contributed by atoms with E-state index in [1.54, 1.807) is 0 Å². The second kappa shape index (κ2) is 8.89. The van der Waals surface area contributed by atoms with Crippen molar-refractivity contribution in [2.75, 3.05) is 0 Å². The second-order valence-corrected chi connectivity index (χ2v) is 0.591. The maximum Gasteiger partial charge on any atom is 0 e. The molecule has 0 atom stereocenters. The van der Waals surface area contributed by atoms with Gasteiger partial charge in [-0.25, -0.2) is 6.61 Å². The summed E-state index contributed by atoms with van der Waals surface area (Å²) in [5.41, 5.74) is 0. The van der Waals surface area contributed by atoms with E-state index < -0.39 is 0 Å². The van der Waals surface area contributed by atoms with Gasteiger partial charge >= 0.3 is 0 Å². The molecular weight excluding hydrogens is 290 g/mol. The molecule has 0 aromatic heterocycles. The molecule has 0 saturated carbocycles. The average Bonchev–Trinajstić information content (AvgIpc) is 1.37. The number of aliphatic hydroxyl groups excluding tert-OH is 1. The van der Waals surface area contributed by atoms with Crippen molar-refractivity contribution in [1.29, 1.82) is 0 Å². The van der Waals surface area contributed by atoms with Crippen molar-refractivity contribution in [3.05, 3.63) is 6.61 Å². The Morgan fingerprint density at radius 2 is 2.00 bits per heavy atom. The van der Waals surface area contributed by atoms with Gasteiger partial charge in [-0.05, 0) is 0 Å². The Hall–Kier alpha value is 1.01. The minimum atomic E-state index is 0. The van der Waals surface area contributed by atoms with Crippen molar-refractivity contribution in [2.45, 2.75) is 13.3 Å². The third kappa shape index (κ3) is 11.2. The molecule has 0 bridgehead atoms. The van der Waals surface area contributed by atoms with Crippen LogP contribution in [0.1, 0.15) is 13.3 Å². The Morgan fingerprint density at radius 1 is 1.80 bits per heavy atom. The number of hydrogen-bond acceptors (Lipinski definition) is 1. The van der Waals surface area contributed by atoms with Gasteiger partial charge in [-0.3, -0.25) is 0 Å². The summed E-state index contributed by atoms with van der Waals surface area (Å²) in [5, 5.41) is 7.75. The molecule has 0 fully saturated rings. The minimum Gasteiger partial charge on any atom is -0.566 e. The maximum absolute atomic E-state index is 7.75. The van der Waals surface area contributed by atoms with Crippen molar-refractivity contribution in [2.24, 2.45) is 0 Å². The molecule has 0 aromatic carbocycles. The first-order valence-corrected chi connectivity index (χ1v) is 1.37. The zero-order chi connectivity index (χ0) is 3.41. The van der Waals surface area contributed by atoms with Crippen LogP contribution in [-0.2, 0) is 0 Å². The van der Waals surface area contributed by atoms with Crippen molar-refractivity contribution in [1.82, 2.24) is 0 Å². The maximum atomic E-state index is 7.75. The summed E-state index contributed by atoms with van der Waals surface area (Å²) < 4.78 is 0. The van der Waals surface area contributed by atoms with E-state index in [0.717, 1.165) is 13.0 Å². The monoisotopic (exact) mass is 297 g/mol. The van der Waals surface area contributed by atoms with Crippen LogP contribution in [0, 0.1) is 37.7 Å². The molecule has 2 heteroatoms. The molecule has 0 aromatic rings. The summed E-state index contributed by atoms with van der Waals surface area (Å²) in [4.78, 5) is 0. The summed E-state index contributed by atoms with van der Waals surface area (Å²) in [6.45, 7) is 3.00. The Bertz CT molecular complexity index is 8.85. The Morgan fingerprint density at radius 3 is 2.00 bits per heavy atom. The smallest absolute Gasteiger partial charge is 0 e. The molecule has 0 unspecified atom stereocenters. The predicted molar refractivity (Wildman–Crippen MR) is 16.5 cm³/mol. The zero-order valence-corrected chi connectivity index (χ0v) is 7.40. The second-order valence-electron chi connectivity index (χ2n) is 0.591. The number of aliphatic hydroxyl groups is 1. The fourth-order valence-electron chi connectivity index (χ4n) is 0. The van der Waals surface area contributed by atoms with Crippen LogP contribution in [0.5, 0.6) is 0 Å². The van der Waals surface area contributed by atoms with Crippen LogP contribution < -0.4 is 0 Å². The Labute approximate surface area is 56.1 Å². The van der Waals surface area contributed by atoms with E-state index >= 15 is 0 Å². The molecule has 0 spiro atoms. The van der Waals surface area contributed by atoms with Crippen LogP contribution in [0.4, 0.5) is 0 Å². The third-order valence-corrected chi connectivity index (χ3v) is 0.183. The minimum absolute atomic E-state index is 0. The van der Waals surface area contributed by atoms with E-state index in [1.165, 1.54) is 0 Å². The summed E-state index contributed by atoms with van der Waals surface area (Å²) in [7, 11) is 0. The van der Waals surface area contributed by atoms with Crippen LogP contribution in [0.25, 0.3) is 0 Å². The summed E-state index contributed by atoms with van der Waals surface area (Å²) >= 11 is 0. The molecule has 5 heavy (non-hydrogen) atoms. The largest absolute Gasteiger partial charge is 0.566 e. The molecule has 0 radical (unpaired) electrons. The van der Waals surface area contributed by atoms with Gasteiger partial charge in [0.15, 0.2) is 0 Å². The summed E-state index contributed by atoms with van der Waals surface area (Å²) in [5.74, 6) is 0. The van der Waals surface area contributed by atoms with Crippen LogP contribution in [0.15, 0.2) is 0 Å². The third-order valence-electron chi connectivity index (χ3n) is 0.183.